The van der Waals surface area contributed by atoms with Crippen molar-refractivity contribution in [2.24, 2.45) is 5.92 Å². The van der Waals surface area contributed by atoms with Crippen LogP contribution in [0.3, 0.4) is 0 Å². The summed E-state index contributed by atoms with van der Waals surface area (Å²) in [7, 11) is 0. The van der Waals surface area contributed by atoms with E-state index in [-0.39, 0.29) is 11.4 Å². The SMILES string of the molecule is CC(C)COC(=O)C=CC(=O)NC(C)(C)C. The summed E-state index contributed by atoms with van der Waals surface area (Å²) in [6.07, 6.45) is 2.33. The van der Waals surface area contributed by atoms with E-state index in [1.54, 1.807) is 0 Å². The first-order valence-corrected chi connectivity index (χ1v) is 5.37. The van der Waals surface area contributed by atoms with Crippen LogP contribution in [0.4, 0.5) is 0 Å². The number of hydrogen-bond acceptors (Lipinski definition) is 3. The van der Waals surface area contributed by atoms with Gasteiger partial charge in [-0.2, -0.15) is 0 Å². The summed E-state index contributed by atoms with van der Waals surface area (Å²) < 4.78 is 4.88. The molecule has 0 spiro atoms. The van der Waals surface area contributed by atoms with Gasteiger partial charge in [0.05, 0.1) is 6.61 Å². The third-order valence-corrected chi connectivity index (χ3v) is 1.43. The Morgan fingerprint density at radius 1 is 1.25 bits per heavy atom. The number of hydrogen-bond donors (Lipinski definition) is 1. The van der Waals surface area contributed by atoms with E-state index in [9.17, 15) is 9.59 Å². The van der Waals surface area contributed by atoms with Gasteiger partial charge in [0.15, 0.2) is 0 Å². The number of esters is 1. The van der Waals surface area contributed by atoms with Crippen LogP contribution in [0.15, 0.2) is 12.2 Å². The minimum absolute atomic E-state index is 0.292. The number of ether oxygens (including phenoxy) is 1. The molecule has 0 aromatic rings. The van der Waals surface area contributed by atoms with Crippen LogP contribution >= 0.6 is 0 Å². The minimum atomic E-state index is -0.488. The Kier molecular flexibility index (Phi) is 5.78. The predicted octanol–water partition coefficient (Wildman–Crippen LogP) is 1.66. The van der Waals surface area contributed by atoms with E-state index in [0.717, 1.165) is 6.08 Å². The second-order valence-corrected chi connectivity index (χ2v) is 5.10. The van der Waals surface area contributed by atoms with Gasteiger partial charge >= 0.3 is 5.97 Å². The van der Waals surface area contributed by atoms with E-state index in [1.165, 1.54) is 6.08 Å². The second-order valence-electron chi connectivity index (χ2n) is 5.10. The molecule has 4 nitrogen and oxygen atoms in total. The van der Waals surface area contributed by atoms with Gasteiger partial charge in [0.1, 0.15) is 0 Å². The van der Waals surface area contributed by atoms with Crippen LogP contribution < -0.4 is 5.32 Å². The molecule has 0 aliphatic heterocycles. The standard InChI is InChI=1S/C12H21NO3/c1-9(2)8-16-11(15)7-6-10(14)13-12(3,4)5/h6-7,9H,8H2,1-5H3,(H,13,14). The van der Waals surface area contributed by atoms with Gasteiger partial charge in [0.2, 0.25) is 5.91 Å². The fraction of sp³-hybridized carbons (Fsp3) is 0.667. The highest BCUT2D eigenvalue weighted by Gasteiger charge is 2.11. The van der Waals surface area contributed by atoms with Crippen LogP contribution in [0.25, 0.3) is 0 Å². The van der Waals surface area contributed by atoms with Gasteiger partial charge in [0.25, 0.3) is 0 Å². The summed E-state index contributed by atoms with van der Waals surface area (Å²) >= 11 is 0. The van der Waals surface area contributed by atoms with E-state index >= 15 is 0 Å². The zero-order valence-electron chi connectivity index (χ0n) is 10.7. The normalized spacial score (nSPS) is 11.9. The molecule has 0 radical (unpaired) electrons. The van der Waals surface area contributed by atoms with Gasteiger partial charge in [-0.3, -0.25) is 4.79 Å². The van der Waals surface area contributed by atoms with E-state index in [2.05, 4.69) is 5.32 Å². The minimum Gasteiger partial charge on any atom is -0.462 e. The Bertz CT molecular complexity index is 274. The second kappa shape index (κ2) is 6.30. The molecule has 0 aromatic carbocycles. The fourth-order valence-corrected chi connectivity index (χ4v) is 0.852. The molecular weight excluding hydrogens is 206 g/mol. The van der Waals surface area contributed by atoms with E-state index in [0.29, 0.717) is 12.5 Å². The smallest absolute Gasteiger partial charge is 0.330 e. The van der Waals surface area contributed by atoms with Crippen molar-refractivity contribution in [3.63, 3.8) is 0 Å². The summed E-state index contributed by atoms with van der Waals surface area (Å²) in [6.45, 7) is 9.87. The molecule has 0 aliphatic rings. The third kappa shape index (κ3) is 9.24. The molecule has 0 heterocycles. The largest absolute Gasteiger partial charge is 0.462 e. The van der Waals surface area contributed by atoms with Crippen LogP contribution in [-0.2, 0) is 14.3 Å². The van der Waals surface area contributed by atoms with Gasteiger partial charge in [-0.1, -0.05) is 13.8 Å². The van der Waals surface area contributed by atoms with Crippen molar-refractivity contribution in [2.45, 2.75) is 40.2 Å². The molecule has 4 heteroatoms. The maximum absolute atomic E-state index is 11.3. The number of amides is 1. The lowest BCUT2D eigenvalue weighted by molar-refractivity contribution is -0.139. The summed E-state index contributed by atoms with van der Waals surface area (Å²) in [5, 5.41) is 2.71. The number of carbonyl (C=O) groups excluding carboxylic acids is 2. The molecule has 16 heavy (non-hydrogen) atoms. The monoisotopic (exact) mass is 227 g/mol. The van der Waals surface area contributed by atoms with Crippen molar-refractivity contribution in [1.29, 1.82) is 0 Å². The third-order valence-electron chi connectivity index (χ3n) is 1.43. The Hall–Kier alpha value is -1.32. The lowest BCUT2D eigenvalue weighted by Gasteiger charge is -2.18. The van der Waals surface area contributed by atoms with Gasteiger partial charge < -0.3 is 10.1 Å². The summed E-state index contributed by atoms with van der Waals surface area (Å²) in [5.74, 6) is -0.493. The lowest BCUT2D eigenvalue weighted by atomic mass is 10.1. The highest BCUT2D eigenvalue weighted by Crippen LogP contribution is 1.98. The van der Waals surface area contributed by atoms with E-state index < -0.39 is 5.97 Å². The number of carbonyl (C=O) groups is 2. The highest BCUT2D eigenvalue weighted by molar-refractivity contribution is 5.94. The molecule has 0 bridgehead atoms. The Morgan fingerprint density at radius 3 is 2.25 bits per heavy atom. The van der Waals surface area contributed by atoms with Crippen molar-refractivity contribution < 1.29 is 14.3 Å². The van der Waals surface area contributed by atoms with Crippen molar-refractivity contribution in [3.8, 4) is 0 Å². The van der Waals surface area contributed by atoms with Crippen LogP contribution in [0.2, 0.25) is 0 Å². The Labute approximate surface area is 97.1 Å². The first-order chi connectivity index (χ1) is 7.20. The van der Waals surface area contributed by atoms with Gasteiger partial charge in [-0.15, -0.1) is 0 Å². The van der Waals surface area contributed by atoms with Crippen molar-refractivity contribution in [2.75, 3.05) is 6.61 Å². The molecule has 0 saturated carbocycles. The molecule has 0 aromatic heterocycles. The molecule has 0 rings (SSSR count). The topological polar surface area (TPSA) is 55.4 Å². The first-order valence-electron chi connectivity index (χ1n) is 5.37. The summed E-state index contributed by atoms with van der Waals surface area (Å²) in [6, 6.07) is 0. The molecular formula is C12H21NO3. The van der Waals surface area contributed by atoms with Crippen LogP contribution in [0.5, 0.6) is 0 Å². The molecule has 0 fully saturated rings. The molecule has 0 aliphatic carbocycles. The van der Waals surface area contributed by atoms with Crippen LogP contribution in [0, 0.1) is 5.92 Å². The molecule has 0 saturated heterocycles. The van der Waals surface area contributed by atoms with Crippen LogP contribution in [-0.4, -0.2) is 24.0 Å². The fourth-order valence-electron chi connectivity index (χ4n) is 0.852. The summed E-state index contributed by atoms with van der Waals surface area (Å²) in [4.78, 5) is 22.4. The Morgan fingerprint density at radius 2 is 1.81 bits per heavy atom. The predicted molar refractivity (Wildman–Crippen MR) is 62.8 cm³/mol. The van der Waals surface area contributed by atoms with Crippen molar-refractivity contribution in [1.82, 2.24) is 5.32 Å². The first kappa shape index (κ1) is 14.7. The Balaban J connectivity index is 3.99. The number of nitrogens with one attached hydrogen (secondary N) is 1. The summed E-state index contributed by atoms with van der Waals surface area (Å²) in [5.41, 5.74) is -0.302. The number of rotatable bonds is 4. The molecule has 1 amide bonds. The zero-order chi connectivity index (χ0) is 12.8. The average Bonchev–Trinajstić information content (AvgIpc) is 2.08. The van der Waals surface area contributed by atoms with E-state index in [1.807, 2.05) is 34.6 Å². The van der Waals surface area contributed by atoms with Gasteiger partial charge in [0, 0.05) is 17.7 Å². The van der Waals surface area contributed by atoms with Gasteiger partial charge in [-0.25, -0.2) is 4.79 Å². The average molecular weight is 227 g/mol. The molecule has 1 N–H and O–H groups in total. The van der Waals surface area contributed by atoms with Crippen molar-refractivity contribution in [3.05, 3.63) is 12.2 Å². The molecule has 0 unspecified atom stereocenters. The van der Waals surface area contributed by atoms with Gasteiger partial charge in [-0.05, 0) is 26.7 Å². The zero-order valence-corrected chi connectivity index (χ0v) is 10.7. The van der Waals surface area contributed by atoms with Crippen molar-refractivity contribution >= 4 is 11.9 Å². The molecule has 92 valence electrons. The highest BCUT2D eigenvalue weighted by atomic mass is 16.5. The lowest BCUT2D eigenvalue weighted by Crippen LogP contribution is -2.39. The van der Waals surface area contributed by atoms with E-state index in [4.69, 9.17) is 4.74 Å². The quantitative estimate of drug-likeness (QED) is 0.587. The van der Waals surface area contributed by atoms with Crippen LogP contribution in [0.1, 0.15) is 34.6 Å². The molecule has 0 atom stereocenters. The maximum atomic E-state index is 11.3. The maximum Gasteiger partial charge on any atom is 0.330 e.